The Balaban J connectivity index is 2.01. The molecule has 1 heterocycles. The summed E-state index contributed by atoms with van der Waals surface area (Å²) < 4.78 is 4.88. The van der Waals surface area contributed by atoms with Gasteiger partial charge in [-0.3, -0.25) is 9.59 Å². The highest BCUT2D eigenvalue weighted by Crippen LogP contribution is 2.11. The van der Waals surface area contributed by atoms with Crippen LogP contribution in [0.2, 0.25) is 0 Å². The van der Waals surface area contributed by atoms with E-state index >= 15 is 0 Å². The van der Waals surface area contributed by atoms with Crippen LogP contribution in [0, 0.1) is 13.8 Å². The highest BCUT2D eigenvalue weighted by molar-refractivity contribution is 5.93. The van der Waals surface area contributed by atoms with Gasteiger partial charge in [-0.1, -0.05) is 29.4 Å². The largest absolute Gasteiger partial charge is 0.360 e. The van der Waals surface area contributed by atoms with Gasteiger partial charge in [0.05, 0.1) is 0 Å². The Morgan fingerprint density at radius 3 is 2.59 bits per heavy atom. The van der Waals surface area contributed by atoms with E-state index in [0.29, 0.717) is 18.1 Å². The van der Waals surface area contributed by atoms with E-state index in [1.165, 1.54) is 11.8 Å². The van der Waals surface area contributed by atoms with Gasteiger partial charge in [0.2, 0.25) is 11.8 Å². The van der Waals surface area contributed by atoms with Gasteiger partial charge in [-0.05, 0) is 25.0 Å². The summed E-state index contributed by atoms with van der Waals surface area (Å²) in [6.07, 6.45) is 0. The summed E-state index contributed by atoms with van der Waals surface area (Å²) in [5.41, 5.74) is 2.10. The lowest BCUT2D eigenvalue weighted by atomic mass is 10.1. The summed E-state index contributed by atoms with van der Waals surface area (Å²) in [6.45, 7) is 5.53. The minimum atomic E-state index is -0.308. The second kappa shape index (κ2) is 6.89. The number of aryl methyl sites for hydroxylation is 2. The van der Waals surface area contributed by atoms with Gasteiger partial charge in [-0.25, -0.2) is 0 Å². The van der Waals surface area contributed by atoms with Crippen LogP contribution in [-0.2, 0) is 16.1 Å². The molecule has 6 nitrogen and oxygen atoms in total. The molecule has 1 aromatic heterocycles. The molecule has 22 heavy (non-hydrogen) atoms. The quantitative estimate of drug-likeness (QED) is 0.919. The minimum absolute atomic E-state index is 0.0322. The number of hydrogen-bond acceptors (Lipinski definition) is 4. The van der Waals surface area contributed by atoms with Gasteiger partial charge < -0.3 is 14.7 Å². The third-order valence-electron chi connectivity index (χ3n) is 3.30. The first kappa shape index (κ1) is 15.8. The summed E-state index contributed by atoms with van der Waals surface area (Å²) in [7, 11) is 0. The standard InChI is InChI=1S/C16H19N3O3/c1-11-6-4-5-7-14(11)9-19(13(3)20)10-16(21)17-15-8-12(2)22-18-15/h4-8H,9-10H2,1-3H3,(H,17,18,21). The van der Waals surface area contributed by atoms with Crippen molar-refractivity contribution >= 4 is 17.6 Å². The molecule has 0 fully saturated rings. The van der Waals surface area contributed by atoms with Gasteiger partial charge >= 0.3 is 0 Å². The molecule has 2 amide bonds. The Hall–Kier alpha value is -2.63. The summed E-state index contributed by atoms with van der Waals surface area (Å²) >= 11 is 0. The summed E-state index contributed by atoms with van der Waals surface area (Å²) in [6, 6.07) is 9.41. The maximum absolute atomic E-state index is 12.0. The fourth-order valence-corrected chi connectivity index (χ4v) is 2.05. The highest BCUT2D eigenvalue weighted by atomic mass is 16.5. The first-order valence-electron chi connectivity index (χ1n) is 6.99. The molecule has 6 heteroatoms. The Bertz CT molecular complexity index is 679. The minimum Gasteiger partial charge on any atom is -0.360 e. The molecule has 116 valence electrons. The van der Waals surface area contributed by atoms with Crippen molar-refractivity contribution < 1.29 is 14.1 Å². The number of nitrogens with zero attached hydrogens (tertiary/aromatic N) is 2. The van der Waals surface area contributed by atoms with Gasteiger partial charge in [0, 0.05) is 19.5 Å². The zero-order valence-corrected chi connectivity index (χ0v) is 12.9. The van der Waals surface area contributed by atoms with E-state index in [9.17, 15) is 9.59 Å². The number of benzene rings is 1. The summed E-state index contributed by atoms with van der Waals surface area (Å²) in [4.78, 5) is 25.3. The van der Waals surface area contributed by atoms with Gasteiger partial charge in [0.25, 0.3) is 0 Å². The number of nitrogens with one attached hydrogen (secondary N) is 1. The number of carbonyl (C=O) groups excluding carboxylic acids is 2. The van der Waals surface area contributed by atoms with Crippen LogP contribution in [-0.4, -0.2) is 28.4 Å². The van der Waals surface area contributed by atoms with Crippen molar-refractivity contribution in [1.29, 1.82) is 0 Å². The van der Waals surface area contributed by atoms with Crippen molar-refractivity contribution in [2.24, 2.45) is 0 Å². The second-order valence-corrected chi connectivity index (χ2v) is 5.17. The molecule has 0 aliphatic carbocycles. The molecule has 1 aromatic carbocycles. The number of aromatic nitrogens is 1. The van der Waals surface area contributed by atoms with Crippen molar-refractivity contribution in [1.82, 2.24) is 10.1 Å². The molecule has 0 saturated heterocycles. The maximum Gasteiger partial charge on any atom is 0.245 e. The number of hydrogen-bond donors (Lipinski definition) is 1. The number of amides is 2. The van der Waals surface area contributed by atoms with Crippen LogP contribution in [0.25, 0.3) is 0 Å². The van der Waals surface area contributed by atoms with E-state index in [1.807, 2.05) is 31.2 Å². The predicted molar refractivity (Wildman–Crippen MR) is 82.1 cm³/mol. The summed E-state index contributed by atoms with van der Waals surface area (Å²) in [5, 5.41) is 6.31. The van der Waals surface area contributed by atoms with Crippen molar-refractivity contribution in [3.63, 3.8) is 0 Å². The van der Waals surface area contributed by atoms with Crippen LogP contribution in [0.5, 0.6) is 0 Å². The SMILES string of the molecule is CC(=O)N(CC(=O)Nc1cc(C)on1)Cc1ccccc1C. The van der Waals surface area contributed by atoms with Gasteiger partial charge in [0.15, 0.2) is 5.82 Å². The van der Waals surface area contributed by atoms with E-state index in [4.69, 9.17) is 4.52 Å². The van der Waals surface area contributed by atoms with Gasteiger partial charge in [-0.15, -0.1) is 0 Å². The molecule has 0 spiro atoms. The number of anilines is 1. The molecule has 0 unspecified atom stereocenters. The lowest BCUT2D eigenvalue weighted by Crippen LogP contribution is -2.36. The van der Waals surface area contributed by atoms with Crippen LogP contribution in [0.1, 0.15) is 23.8 Å². The van der Waals surface area contributed by atoms with Crippen LogP contribution in [0.3, 0.4) is 0 Å². The molecular weight excluding hydrogens is 282 g/mol. The third-order valence-corrected chi connectivity index (χ3v) is 3.30. The Morgan fingerprint density at radius 1 is 1.27 bits per heavy atom. The van der Waals surface area contributed by atoms with Gasteiger partial charge in [0.1, 0.15) is 12.3 Å². The van der Waals surface area contributed by atoms with E-state index in [1.54, 1.807) is 13.0 Å². The van der Waals surface area contributed by atoms with Crippen LogP contribution < -0.4 is 5.32 Å². The average Bonchev–Trinajstić information content (AvgIpc) is 2.85. The first-order chi connectivity index (χ1) is 10.5. The molecule has 0 radical (unpaired) electrons. The molecule has 2 aromatic rings. The van der Waals surface area contributed by atoms with Crippen molar-refractivity contribution in [2.75, 3.05) is 11.9 Å². The third kappa shape index (κ3) is 4.18. The van der Waals surface area contributed by atoms with Gasteiger partial charge in [-0.2, -0.15) is 0 Å². The first-order valence-corrected chi connectivity index (χ1v) is 6.99. The highest BCUT2D eigenvalue weighted by Gasteiger charge is 2.16. The summed E-state index contributed by atoms with van der Waals surface area (Å²) in [5.74, 6) is 0.493. The Labute approximate surface area is 129 Å². The average molecular weight is 301 g/mol. The number of rotatable bonds is 5. The van der Waals surface area contributed by atoms with Crippen molar-refractivity contribution in [2.45, 2.75) is 27.3 Å². The lowest BCUT2D eigenvalue weighted by molar-refractivity contribution is -0.133. The zero-order valence-electron chi connectivity index (χ0n) is 12.9. The fraction of sp³-hybridized carbons (Fsp3) is 0.312. The van der Waals surface area contributed by atoms with Crippen molar-refractivity contribution in [3.8, 4) is 0 Å². The topological polar surface area (TPSA) is 75.4 Å². The van der Waals surface area contributed by atoms with E-state index in [-0.39, 0.29) is 18.4 Å². The number of carbonyl (C=O) groups is 2. The molecule has 2 rings (SSSR count). The second-order valence-electron chi connectivity index (χ2n) is 5.17. The molecule has 0 aliphatic heterocycles. The molecule has 0 aliphatic rings. The molecule has 0 atom stereocenters. The Morgan fingerprint density at radius 2 is 2.00 bits per heavy atom. The van der Waals surface area contributed by atoms with Crippen LogP contribution >= 0.6 is 0 Å². The smallest absolute Gasteiger partial charge is 0.245 e. The van der Waals surface area contributed by atoms with Crippen LogP contribution in [0.15, 0.2) is 34.9 Å². The molecule has 0 bridgehead atoms. The van der Waals surface area contributed by atoms with E-state index in [0.717, 1.165) is 11.1 Å². The van der Waals surface area contributed by atoms with Crippen molar-refractivity contribution in [3.05, 3.63) is 47.2 Å². The maximum atomic E-state index is 12.0. The lowest BCUT2D eigenvalue weighted by Gasteiger charge is -2.21. The van der Waals surface area contributed by atoms with E-state index in [2.05, 4.69) is 10.5 Å². The monoisotopic (exact) mass is 301 g/mol. The molecule has 0 saturated carbocycles. The predicted octanol–water partition coefficient (Wildman–Crippen LogP) is 2.28. The van der Waals surface area contributed by atoms with E-state index < -0.39 is 0 Å². The zero-order chi connectivity index (χ0) is 16.1. The normalized spacial score (nSPS) is 10.3. The Kier molecular flexibility index (Phi) is 4.93. The fourth-order valence-electron chi connectivity index (χ4n) is 2.05. The molecular formula is C16H19N3O3. The molecule has 1 N–H and O–H groups in total. The van der Waals surface area contributed by atoms with Crippen LogP contribution in [0.4, 0.5) is 5.82 Å².